The highest BCUT2D eigenvalue weighted by atomic mass is 16.6. The molecule has 0 aromatic carbocycles. The average Bonchev–Trinajstić information content (AvgIpc) is 2.58. The molecule has 2 rings (SSSR count). The monoisotopic (exact) mass is 226 g/mol. The molecule has 0 spiro atoms. The molecular formula is C12H22N2O2. The van der Waals surface area contributed by atoms with Gasteiger partial charge in [-0.3, -0.25) is 0 Å². The Morgan fingerprint density at radius 2 is 2.12 bits per heavy atom. The second kappa shape index (κ2) is 4.24. The second-order valence-electron chi connectivity index (χ2n) is 5.85. The van der Waals surface area contributed by atoms with Crippen LogP contribution in [0.5, 0.6) is 0 Å². The molecule has 2 aliphatic rings. The molecule has 2 fully saturated rings. The molecule has 2 atom stereocenters. The van der Waals surface area contributed by atoms with Crippen molar-refractivity contribution in [3.05, 3.63) is 0 Å². The minimum absolute atomic E-state index is 0.163. The summed E-state index contributed by atoms with van der Waals surface area (Å²) in [6, 6.07) is 0.487. The number of likely N-dealkylation sites (tertiary alicyclic amines) is 1. The summed E-state index contributed by atoms with van der Waals surface area (Å²) in [6.07, 6.45) is 2.30. The van der Waals surface area contributed by atoms with Gasteiger partial charge in [-0.25, -0.2) is 4.79 Å². The molecule has 1 unspecified atom stereocenters. The summed E-state index contributed by atoms with van der Waals surface area (Å²) in [5.74, 6) is 0.626. The number of nitrogens with one attached hydrogen (secondary N) is 1. The number of hydrogen-bond acceptors (Lipinski definition) is 3. The fourth-order valence-corrected chi connectivity index (χ4v) is 2.52. The van der Waals surface area contributed by atoms with Crippen LogP contribution in [-0.2, 0) is 4.74 Å². The average molecular weight is 226 g/mol. The van der Waals surface area contributed by atoms with Crippen LogP contribution in [0, 0.1) is 5.92 Å². The van der Waals surface area contributed by atoms with E-state index in [0.717, 1.165) is 19.6 Å². The largest absolute Gasteiger partial charge is 0.444 e. The van der Waals surface area contributed by atoms with Gasteiger partial charge in [0.25, 0.3) is 0 Å². The third kappa shape index (κ3) is 2.67. The minimum atomic E-state index is -0.391. The maximum Gasteiger partial charge on any atom is 0.410 e. The standard InChI is InChI=1S/C12H22N2O2/c1-12(2,3)16-11(15)14-7-9-5-4-6-13-10(9)8-14/h9-10,13H,4-8H2,1-3H3/t9-,10?/m1/s1. The lowest BCUT2D eigenvalue weighted by Gasteiger charge is -2.24. The summed E-state index contributed by atoms with van der Waals surface area (Å²) in [4.78, 5) is 13.7. The van der Waals surface area contributed by atoms with Crippen LogP contribution in [0.3, 0.4) is 0 Å². The first-order valence-electron chi connectivity index (χ1n) is 6.17. The van der Waals surface area contributed by atoms with Crippen molar-refractivity contribution in [2.75, 3.05) is 19.6 Å². The SMILES string of the molecule is CC(C)(C)OC(=O)N1CC2NCCC[C@@H]2C1. The number of carbonyl (C=O) groups excluding carboxylic acids is 1. The van der Waals surface area contributed by atoms with Gasteiger partial charge in [0.05, 0.1) is 0 Å². The third-order valence-electron chi connectivity index (χ3n) is 3.25. The van der Waals surface area contributed by atoms with E-state index in [-0.39, 0.29) is 6.09 Å². The van der Waals surface area contributed by atoms with Gasteiger partial charge >= 0.3 is 6.09 Å². The molecule has 1 N–H and O–H groups in total. The normalized spacial score (nSPS) is 30.1. The Labute approximate surface area is 97.3 Å². The van der Waals surface area contributed by atoms with E-state index < -0.39 is 5.60 Å². The highest BCUT2D eigenvalue weighted by Crippen LogP contribution is 2.26. The summed E-state index contributed by atoms with van der Waals surface area (Å²) < 4.78 is 5.39. The molecule has 2 heterocycles. The van der Waals surface area contributed by atoms with Crippen LogP contribution in [0.2, 0.25) is 0 Å². The zero-order valence-corrected chi connectivity index (χ0v) is 10.5. The summed E-state index contributed by atoms with van der Waals surface area (Å²) in [7, 11) is 0. The first-order chi connectivity index (χ1) is 7.46. The second-order valence-corrected chi connectivity index (χ2v) is 5.85. The number of amides is 1. The Kier molecular flexibility index (Phi) is 3.10. The van der Waals surface area contributed by atoms with Crippen molar-refractivity contribution in [3.63, 3.8) is 0 Å². The van der Waals surface area contributed by atoms with Gasteiger partial charge in [-0.1, -0.05) is 0 Å². The molecule has 92 valence electrons. The lowest BCUT2D eigenvalue weighted by molar-refractivity contribution is 0.0286. The highest BCUT2D eigenvalue weighted by Gasteiger charge is 2.37. The van der Waals surface area contributed by atoms with Crippen LogP contribution in [0.1, 0.15) is 33.6 Å². The lowest BCUT2D eigenvalue weighted by Crippen LogP contribution is -2.41. The molecule has 0 aromatic rings. The van der Waals surface area contributed by atoms with E-state index in [1.54, 1.807) is 0 Å². The van der Waals surface area contributed by atoms with Crippen LogP contribution in [0.4, 0.5) is 4.79 Å². The number of carbonyl (C=O) groups is 1. The van der Waals surface area contributed by atoms with Gasteiger partial charge in [0.15, 0.2) is 0 Å². The minimum Gasteiger partial charge on any atom is -0.444 e. The lowest BCUT2D eigenvalue weighted by atomic mass is 9.94. The van der Waals surface area contributed by atoms with Crippen LogP contribution in [0.15, 0.2) is 0 Å². The quantitative estimate of drug-likeness (QED) is 0.682. The van der Waals surface area contributed by atoms with E-state index >= 15 is 0 Å². The Morgan fingerprint density at radius 3 is 2.75 bits per heavy atom. The van der Waals surface area contributed by atoms with Crippen molar-refractivity contribution in [2.24, 2.45) is 5.92 Å². The van der Waals surface area contributed by atoms with Crippen LogP contribution >= 0.6 is 0 Å². The molecule has 0 bridgehead atoms. The topological polar surface area (TPSA) is 41.6 Å². The Hall–Kier alpha value is -0.770. The number of rotatable bonds is 0. The summed E-state index contributed by atoms with van der Waals surface area (Å²) >= 11 is 0. The summed E-state index contributed by atoms with van der Waals surface area (Å²) in [6.45, 7) is 8.47. The number of piperidine rings is 1. The first-order valence-corrected chi connectivity index (χ1v) is 6.17. The van der Waals surface area contributed by atoms with Crippen molar-refractivity contribution < 1.29 is 9.53 Å². The van der Waals surface area contributed by atoms with Crippen molar-refractivity contribution in [1.82, 2.24) is 10.2 Å². The Balaban J connectivity index is 1.90. The van der Waals surface area contributed by atoms with Crippen LogP contribution in [-0.4, -0.2) is 42.3 Å². The van der Waals surface area contributed by atoms with Crippen molar-refractivity contribution in [3.8, 4) is 0 Å². The molecule has 4 heteroatoms. The predicted octanol–water partition coefficient (Wildman–Crippen LogP) is 1.61. The Bertz CT molecular complexity index is 259. The van der Waals surface area contributed by atoms with Crippen LogP contribution in [0.25, 0.3) is 0 Å². The van der Waals surface area contributed by atoms with Gasteiger partial charge in [0, 0.05) is 19.1 Å². The molecule has 0 radical (unpaired) electrons. The number of fused-ring (bicyclic) bond motifs is 1. The molecule has 2 aliphatic heterocycles. The van der Waals surface area contributed by atoms with Crippen molar-refractivity contribution in [2.45, 2.75) is 45.3 Å². The van der Waals surface area contributed by atoms with E-state index in [1.807, 2.05) is 25.7 Å². The van der Waals surface area contributed by atoms with Gasteiger partial charge < -0.3 is 15.0 Å². The van der Waals surface area contributed by atoms with E-state index in [4.69, 9.17) is 4.74 Å². The molecule has 1 amide bonds. The van der Waals surface area contributed by atoms with Gasteiger partial charge in [-0.15, -0.1) is 0 Å². The molecule has 0 aliphatic carbocycles. The van der Waals surface area contributed by atoms with Crippen molar-refractivity contribution >= 4 is 6.09 Å². The maximum atomic E-state index is 11.9. The molecule has 0 saturated carbocycles. The first kappa shape index (κ1) is 11.7. The fraction of sp³-hybridized carbons (Fsp3) is 0.917. The highest BCUT2D eigenvalue weighted by molar-refractivity contribution is 5.68. The number of nitrogens with zero attached hydrogens (tertiary/aromatic N) is 1. The molecule has 0 aromatic heterocycles. The van der Waals surface area contributed by atoms with E-state index in [1.165, 1.54) is 12.8 Å². The van der Waals surface area contributed by atoms with Gasteiger partial charge in [-0.05, 0) is 46.1 Å². The van der Waals surface area contributed by atoms with Gasteiger partial charge in [0.1, 0.15) is 5.60 Å². The van der Waals surface area contributed by atoms with E-state index in [2.05, 4.69) is 5.32 Å². The molecular weight excluding hydrogens is 204 g/mol. The van der Waals surface area contributed by atoms with E-state index in [0.29, 0.717) is 12.0 Å². The number of hydrogen-bond donors (Lipinski definition) is 1. The zero-order valence-electron chi connectivity index (χ0n) is 10.5. The molecule has 4 nitrogen and oxygen atoms in total. The van der Waals surface area contributed by atoms with Gasteiger partial charge in [0.2, 0.25) is 0 Å². The maximum absolute atomic E-state index is 11.9. The van der Waals surface area contributed by atoms with E-state index in [9.17, 15) is 4.79 Å². The smallest absolute Gasteiger partial charge is 0.410 e. The Morgan fingerprint density at radius 1 is 1.38 bits per heavy atom. The zero-order chi connectivity index (χ0) is 11.8. The van der Waals surface area contributed by atoms with Gasteiger partial charge in [-0.2, -0.15) is 0 Å². The summed E-state index contributed by atoms with van der Waals surface area (Å²) in [5.41, 5.74) is -0.391. The molecule has 2 saturated heterocycles. The van der Waals surface area contributed by atoms with Crippen molar-refractivity contribution in [1.29, 1.82) is 0 Å². The van der Waals surface area contributed by atoms with Crippen LogP contribution < -0.4 is 5.32 Å². The third-order valence-corrected chi connectivity index (χ3v) is 3.25. The molecule has 16 heavy (non-hydrogen) atoms. The fourth-order valence-electron chi connectivity index (χ4n) is 2.52. The number of ether oxygens (including phenoxy) is 1. The summed E-state index contributed by atoms with van der Waals surface area (Å²) in [5, 5.41) is 3.48. The predicted molar refractivity (Wildman–Crippen MR) is 62.3 cm³/mol.